The highest BCUT2D eigenvalue weighted by Gasteiger charge is 2.02. The van der Waals surface area contributed by atoms with Crippen LogP contribution >= 0.6 is 11.6 Å². The van der Waals surface area contributed by atoms with Crippen molar-refractivity contribution in [3.63, 3.8) is 0 Å². The summed E-state index contributed by atoms with van der Waals surface area (Å²) in [6.07, 6.45) is 3.76. The zero-order valence-electron chi connectivity index (χ0n) is 13.4. The number of hydrogen-bond donors (Lipinski definition) is 1. The number of ketones is 1. The van der Waals surface area contributed by atoms with E-state index in [1.807, 2.05) is 59.3 Å². The number of aromatic nitrogens is 2. The Balaban J connectivity index is 1.58. The van der Waals surface area contributed by atoms with E-state index in [1.165, 1.54) is 0 Å². The van der Waals surface area contributed by atoms with Crippen molar-refractivity contribution in [2.45, 2.75) is 20.0 Å². The molecule has 0 bridgehead atoms. The van der Waals surface area contributed by atoms with E-state index in [-0.39, 0.29) is 5.78 Å². The van der Waals surface area contributed by atoms with Crippen molar-refractivity contribution in [3.05, 3.63) is 82.8 Å². The van der Waals surface area contributed by atoms with E-state index in [1.54, 1.807) is 13.3 Å². The van der Waals surface area contributed by atoms with Crippen LogP contribution < -0.4 is 5.32 Å². The first-order valence-electron chi connectivity index (χ1n) is 7.70. The van der Waals surface area contributed by atoms with E-state index in [0.717, 1.165) is 34.1 Å². The van der Waals surface area contributed by atoms with E-state index in [0.29, 0.717) is 6.54 Å². The maximum Gasteiger partial charge on any atom is 0.159 e. The number of hydrogen-bond acceptors (Lipinski definition) is 3. The predicted octanol–water partition coefficient (Wildman–Crippen LogP) is 4.40. The summed E-state index contributed by atoms with van der Waals surface area (Å²) in [5.74, 6) is 0.891. The average molecular weight is 340 g/mol. The minimum Gasteiger partial charge on any atom is -0.365 e. The lowest BCUT2D eigenvalue weighted by Gasteiger charge is -2.05. The number of benzene rings is 2. The van der Waals surface area contributed by atoms with E-state index >= 15 is 0 Å². The van der Waals surface area contributed by atoms with Crippen LogP contribution in [0.5, 0.6) is 0 Å². The maximum absolute atomic E-state index is 11.3. The van der Waals surface area contributed by atoms with Crippen molar-refractivity contribution < 1.29 is 4.79 Å². The Morgan fingerprint density at radius 2 is 1.96 bits per heavy atom. The highest BCUT2D eigenvalue weighted by Crippen LogP contribution is 2.13. The topological polar surface area (TPSA) is 46.9 Å². The number of rotatable bonds is 6. The molecule has 0 saturated heterocycles. The van der Waals surface area contributed by atoms with Gasteiger partial charge in [0.25, 0.3) is 0 Å². The molecule has 0 saturated carbocycles. The molecule has 3 aromatic rings. The van der Waals surface area contributed by atoms with Crippen LogP contribution in [0.25, 0.3) is 0 Å². The van der Waals surface area contributed by atoms with Gasteiger partial charge in [-0.3, -0.25) is 4.79 Å². The summed E-state index contributed by atoms with van der Waals surface area (Å²) < 4.78 is 2.01. The van der Waals surface area contributed by atoms with Crippen molar-refractivity contribution in [1.29, 1.82) is 0 Å². The monoisotopic (exact) mass is 339 g/mol. The van der Waals surface area contributed by atoms with Gasteiger partial charge in [-0.2, -0.15) is 0 Å². The number of anilines is 1. The van der Waals surface area contributed by atoms with Gasteiger partial charge in [-0.25, -0.2) is 4.98 Å². The number of halogens is 1. The molecule has 1 heterocycles. The fraction of sp³-hybridized carbons (Fsp3) is 0.158. The van der Waals surface area contributed by atoms with Gasteiger partial charge >= 0.3 is 0 Å². The second-order valence-electron chi connectivity index (χ2n) is 5.67. The molecule has 24 heavy (non-hydrogen) atoms. The van der Waals surface area contributed by atoms with Crippen LogP contribution in [-0.4, -0.2) is 15.3 Å². The second kappa shape index (κ2) is 7.32. The van der Waals surface area contributed by atoms with Crippen LogP contribution in [0.2, 0.25) is 5.02 Å². The molecule has 1 N–H and O–H groups in total. The molecular formula is C19H18ClN3O. The van der Waals surface area contributed by atoms with Crippen LogP contribution in [0, 0.1) is 0 Å². The Bertz CT molecular complexity index is 840. The lowest BCUT2D eigenvalue weighted by Crippen LogP contribution is -2.01. The summed E-state index contributed by atoms with van der Waals surface area (Å²) >= 11 is 6.01. The van der Waals surface area contributed by atoms with E-state index in [2.05, 4.69) is 10.3 Å². The Morgan fingerprint density at radius 3 is 2.67 bits per heavy atom. The molecule has 0 spiro atoms. The van der Waals surface area contributed by atoms with Gasteiger partial charge in [-0.1, -0.05) is 48.0 Å². The Labute approximate surface area is 146 Å². The predicted molar refractivity (Wildman–Crippen MR) is 96.6 cm³/mol. The first kappa shape index (κ1) is 16.3. The number of imidazole rings is 1. The third kappa shape index (κ3) is 4.24. The summed E-state index contributed by atoms with van der Waals surface area (Å²) in [5.41, 5.74) is 2.96. The van der Waals surface area contributed by atoms with Crippen LogP contribution in [-0.2, 0) is 13.1 Å². The number of carbonyl (C=O) groups excluding carboxylic acids is 1. The molecule has 5 heteroatoms. The molecule has 0 aliphatic heterocycles. The zero-order chi connectivity index (χ0) is 16.9. The van der Waals surface area contributed by atoms with E-state index < -0.39 is 0 Å². The molecule has 122 valence electrons. The lowest BCUT2D eigenvalue weighted by molar-refractivity contribution is 0.101. The minimum atomic E-state index is 0.0780. The fourth-order valence-corrected chi connectivity index (χ4v) is 2.65. The smallest absolute Gasteiger partial charge is 0.159 e. The Hall–Kier alpha value is -2.59. The number of nitrogens with zero attached hydrogens (tertiary/aromatic N) is 2. The van der Waals surface area contributed by atoms with Gasteiger partial charge in [-0.15, -0.1) is 0 Å². The largest absolute Gasteiger partial charge is 0.365 e. The third-order valence-corrected chi connectivity index (χ3v) is 3.96. The van der Waals surface area contributed by atoms with Crippen LogP contribution in [0.1, 0.15) is 28.4 Å². The third-order valence-electron chi connectivity index (χ3n) is 3.72. The summed E-state index contributed by atoms with van der Waals surface area (Å²) in [7, 11) is 0. The molecule has 0 unspecified atom stereocenters. The molecule has 0 atom stereocenters. The molecular weight excluding hydrogens is 322 g/mol. The number of Topliss-reactive ketones (excluding diaryl/α,β-unsaturated/α-hetero) is 1. The standard InChI is InChI=1S/C19H18ClN3O/c1-14(24)17-7-5-15(6-8-17)10-21-19-12-23(13-22-19)11-16-3-2-4-18(20)9-16/h2-9,12-13,21H,10-11H2,1H3. The summed E-state index contributed by atoms with van der Waals surface area (Å²) in [6.45, 7) is 2.95. The van der Waals surface area contributed by atoms with Gasteiger partial charge in [0, 0.05) is 29.9 Å². The quantitative estimate of drug-likeness (QED) is 0.677. The molecule has 0 aliphatic rings. The van der Waals surface area contributed by atoms with Crippen molar-refractivity contribution in [2.24, 2.45) is 0 Å². The molecule has 0 fully saturated rings. The Morgan fingerprint density at radius 1 is 1.17 bits per heavy atom. The van der Waals surface area contributed by atoms with Crippen molar-refractivity contribution in [1.82, 2.24) is 9.55 Å². The van der Waals surface area contributed by atoms with Crippen LogP contribution in [0.3, 0.4) is 0 Å². The van der Waals surface area contributed by atoms with Crippen molar-refractivity contribution in [3.8, 4) is 0 Å². The molecule has 0 aliphatic carbocycles. The normalized spacial score (nSPS) is 10.6. The fourth-order valence-electron chi connectivity index (χ4n) is 2.43. The first-order valence-corrected chi connectivity index (χ1v) is 8.08. The second-order valence-corrected chi connectivity index (χ2v) is 6.10. The van der Waals surface area contributed by atoms with Crippen LogP contribution in [0.15, 0.2) is 61.1 Å². The highest BCUT2D eigenvalue weighted by atomic mass is 35.5. The molecule has 0 radical (unpaired) electrons. The molecule has 1 aromatic heterocycles. The lowest BCUT2D eigenvalue weighted by atomic mass is 10.1. The van der Waals surface area contributed by atoms with Crippen molar-refractivity contribution in [2.75, 3.05) is 5.32 Å². The minimum absolute atomic E-state index is 0.0780. The highest BCUT2D eigenvalue weighted by molar-refractivity contribution is 6.30. The molecule has 0 amide bonds. The number of carbonyl (C=O) groups is 1. The SMILES string of the molecule is CC(=O)c1ccc(CNc2cn(Cc3cccc(Cl)c3)cn2)cc1. The average Bonchev–Trinajstić information content (AvgIpc) is 3.01. The molecule has 3 rings (SSSR count). The van der Waals surface area contributed by atoms with E-state index in [4.69, 9.17) is 11.6 Å². The first-order chi connectivity index (χ1) is 11.6. The van der Waals surface area contributed by atoms with Gasteiger partial charge in [-0.05, 0) is 30.2 Å². The van der Waals surface area contributed by atoms with Gasteiger partial charge in [0.05, 0.1) is 6.33 Å². The van der Waals surface area contributed by atoms with Gasteiger partial charge in [0.15, 0.2) is 5.78 Å². The molecule has 2 aromatic carbocycles. The van der Waals surface area contributed by atoms with Crippen molar-refractivity contribution >= 4 is 23.2 Å². The number of nitrogens with one attached hydrogen (secondary N) is 1. The summed E-state index contributed by atoms with van der Waals surface area (Å²) in [5, 5.41) is 4.02. The van der Waals surface area contributed by atoms with E-state index in [9.17, 15) is 4.79 Å². The molecule has 4 nitrogen and oxygen atoms in total. The van der Waals surface area contributed by atoms with Crippen LogP contribution in [0.4, 0.5) is 5.82 Å². The Kier molecular flexibility index (Phi) is 4.96. The zero-order valence-corrected chi connectivity index (χ0v) is 14.1. The van der Waals surface area contributed by atoms with Gasteiger partial charge in [0.1, 0.15) is 5.82 Å². The van der Waals surface area contributed by atoms with Gasteiger partial charge in [0.2, 0.25) is 0 Å². The van der Waals surface area contributed by atoms with Gasteiger partial charge < -0.3 is 9.88 Å². The summed E-state index contributed by atoms with van der Waals surface area (Å²) in [6, 6.07) is 15.4. The maximum atomic E-state index is 11.3. The summed E-state index contributed by atoms with van der Waals surface area (Å²) in [4.78, 5) is 15.6.